The van der Waals surface area contributed by atoms with Gasteiger partial charge in [0.1, 0.15) is 0 Å². The summed E-state index contributed by atoms with van der Waals surface area (Å²) in [5.74, 6) is 0. The summed E-state index contributed by atoms with van der Waals surface area (Å²) < 4.78 is 36.1. The molecule has 1 N–H and O–H groups in total. The molecule has 0 aromatic carbocycles. The lowest BCUT2D eigenvalue weighted by Crippen LogP contribution is -2.46. The second kappa shape index (κ2) is 5.87. The van der Waals surface area contributed by atoms with Gasteiger partial charge in [-0.25, -0.2) is 0 Å². The zero-order valence-corrected chi connectivity index (χ0v) is 10.8. The van der Waals surface area contributed by atoms with Gasteiger partial charge in [0, 0.05) is 19.1 Å². The van der Waals surface area contributed by atoms with Gasteiger partial charge < -0.3 is 10.2 Å². The highest BCUT2D eigenvalue weighted by atomic mass is 19.4. The number of hydrogen-bond donors (Lipinski definition) is 1. The molecule has 0 saturated heterocycles. The van der Waals surface area contributed by atoms with Gasteiger partial charge in [0.2, 0.25) is 0 Å². The van der Waals surface area contributed by atoms with Crippen molar-refractivity contribution in [3.8, 4) is 0 Å². The molecule has 0 aliphatic rings. The molecule has 0 fully saturated rings. The third-order valence-corrected chi connectivity index (χ3v) is 2.67. The Balaban J connectivity index is 4.07. The molecule has 0 aromatic heterocycles. The van der Waals surface area contributed by atoms with E-state index in [1.54, 1.807) is 11.9 Å². The molecule has 5 heteroatoms. The Kier molecular flexibility index (Phi) is 5.76. The zero-order chi connectivity index (χ0) is 13.0. The minimum absolute atomic E-state index is 0.0429. The summed E-state index contributed by atoms with van der Waals surface area (Å²) in [7, 11) is 3.56. The standard InChI is InChI=1S/C11H23F3N2/c1-10(2,3)9(15-4)8-16(5)7-6-11(12,13)14/h9,15H,6-8H2,1-5H3. The van der Waals surface area contributed by atoms with E-state index in [-0.39, 0.29) is 18.0 Å². The van der Waals surface area contributed by atoms with Gasteiger partial charge in [-0.2, -0.15) is 13.2 Å². The summed E-state index contributed by atoms with van der Waals surface area (Å²) in [6.45, 7) is 6.90. The third-order valence-electron chi connectivity index (χ3n) is 2.67. The molecule has 2 nitrogen and oxygen atoms in total. The van der Waals surface area contributed by atoms with Crippen LogP contribution in [0.25, 0.3) is 0 Å². The van der Waals surface area contributed by atoms with E-state index >= 15 is 0 Å². The quantitative estimate of drug-likeness (QED) is 0.794. The lowest BCUT2D eigenvalue weighted by Gasteiger charge is -2.33. The van der Waals surface area contributed by atoms with Gasteiger partial charge in [-0.1, -0.05) is 20.8 Å². The summed E-state index contributed by atoms with van der Waals surface area (Å²) >= 11 is 0. The van der Waals surface area contributed by atoms with E-state index < -0.39 is 12.6 Å². The van der Waals surface area contributed by atoms with Gasteiger partial charge in [0.15, 0.2) is 0 Å². The predicted octanol–water partition coefficient (Wildman–Crippen LogP) is 2.50. The molecule has 16 heavy (non-hydrogen) atoms. The Morgan fingerprint density at radius 3 is 2.00 bits per heavy atom. The SMILES string of the molecule is CNC(CN(C)CCC(F)(F)F)C(C)(C)C. The fourth-order valence-corrected chi connectivity index (χ4v) is 1.52. The Bertz CT molecular complexity index is 196. The molecule has 0 amide bonds. The first-order chi connectivity index (χ1) is 7.06. The Morgan fingerprint density at radius 1 is 1.19 bits per heavy atom. The second-order valence-corrected chi connectivity index (χ2v) is 5.33. The topological polar surface area (TPSA) is 15.3 Å². The van der Waals surface area contributed by atoms with Crippen LogP contribution in [0.2, 0.25) is 0 Å². The summed E-state index contributed by atoms with van der Waals surface area (Å²) in [5.41, 5.74) is 0.0429. The molecule has 0 aromatic rings. The highest BCUT2D eigenvalue weighted by Crippen LogP contribution is 2.22. The number of nitrogens with zero attached hydrogens (tertiary/aromatic N) is 1. The summed E-state index contributed by atoms with van der Waals surface area (Å²) in [5, 5.41) is 3.15. The van der Waals surface area contributed by atoms with E-state index in [2.05, 4.69) is 26.1 Å². The van der Waals surface area contributed by atoms with Gasteiger partial charge in [-0.15, -0.1) is 0 Å². The van der Waals surface area contributed by atoms with Crippen molar-refractivity contribution in [1.82, 2.24) is 10.2 Å². The Morgan fingerprint density at radius 2 is 1.69 bits per heavy atom. The number of likely N-dealkylation sites (N-methyl/N-ethyl adjacent to an activating group) is 2. The molecule has 98 valence electrons. The maximum Gasteiger partial charge on any atom is 0.390 e. The largest absolute Gasteiger partial charge is 0.390 e. The first-order valence-electron chi connectivity index (χ1n) is 5.49. The van der Waals surface area contributed by atoms with Gasteiger partial charge in [0.05, 0.1) is 6.42 Å². The minimum Gasteiger partial charge on any atom is -0.315 e. The van der Waals surface area contributed by atoms with Crippen LogP contribution < -0.4 is 5.32 Å². The van der Waals surface area contributed by atoms with Crippen molar-refractivity contribution in [3.63, 3.8) is 0 Å². The molecule has 0 bridgehead atoms. The van der Waals surface area contributed by atoms with Gasteiger partial charge in [-0.05, 0) is 19.5 Å². The van der Waals surface area contributed by atoms with Gasteiger partial charge in [-0.3, -0.25) is 0 Å². The summed E-state index contributed by atoms with van der Waals surface area (Å²) in [6, 6.07) is 0.186. The maximum absolute atomic E-state index is 12.0. The smallest absolute Gasteiger partial charge is 0.315 e. The van der Waals surface area contributed by atoms with Crippen LogP contribution in [0, 0.1) is 5.41 Å². The van der Waals surface area contributed by atoms with Gasteiger partial charge in [0.25, 0.3) is 0 Å². The number of hydrogen-bond acceptors (Lipinski definition) is 2. The van der Waals surface area contributed by atoms with Crippen LogP contribution in [-0.4, -0.2) is 44.3 Å². The molecule has 0 saturated carbocycles. The zero-order valence-electron chi connectivity index (χ0n) is 10.8. The average Bonchev–Trinajstić information content (AvgIpc) is 2.07. The molecule has 1 unspecified atom stereocenters. The molecule has 1 atom stereocenters. The van der Waals surface area contributed by atoms with Crippen molar-refractivity contribution in [2.45, 2.75) is 39.4 Å². The van der Waals surface area contributed by atoms with E-state index in [0.29, 0.717) is 6.54 Å². The molecule has 0 radical (unpaired) electrons. The van der Waals surface area contributed by atoms with E-state index in [4.69, 9.17) is 0 Å². The minimum atomic E-state index is -4.06. The third kappa shape index (κ3) is 7.06. The molecular formula is C11H23F3N2. The Labute approximate surface area is 96.2 Å². The fourth-order valence-electron chi connectivity index (χ4n) is 1.52. The van der Waals surface area contributed by atoms with Crippen LogP contribution in [-0.2, 0) is 0 Å². The number of halogens is 3. The second-order valence-electron chi connectivity index (χ2n) is 5.33. The number of rotatable bonds is 5. The predicted molar refractivity (Wildman–Crippen MR) is 60.5 cm³/mol. The van der Waals surface area contributed by atoms with Crippen molar-refractivity contribution in [2.24, 2.45) is 5.41 Å². The van der Waals surface area contributed by atoms with Gasteiger partial charge >= 0.3 is 6.18 Å². The van der Waals surface area contributed by atoms with Crippen LogP contribution in [0.1, 0.15) is 27.2 Å². The molecule has 0 aliphatic heterocycles. The normalized spacial score (nSPS) is 15.6. The van der Waals surface area contributed by atoms with E-state index in [1.807, 2.05) is 7.05 Å². The number of nitrogens with one attached hydrogen (secondary N) is 1. The fraction of sp³-hybridized carbons (Fsp3) is 1.00. The van der Waals surface area contributed by atoms with Crippen molar-refractivity contribution < 1.29 is 13.2 Å². The van der Waals surface area contributed by atoms with Crippen molar-refractivity contribution in [1.29, 1.82) is 0 Å². The maximum atomic E-state index is 12.0. The summed E-state index contributed by atoms with van der Waals surface area (Å²) in [4.78, 5) is 1.72. The monoisotopic (exact) mass is 240 g/mol. The van der Waals surface area contributed by atoms with Crippen LogP contribution in [0.5, 0.6) is 0 Å². The number of alkyl halides is 3. The van der Waals surface area contributed by atoms with Crippen molar-refractivity contribution in [2.75, 3.05) is 27.2 Å². The van der Waals surface area contributed by atoms with E-state index in [1.165, 1.54) is 0 Å². The van der Waals surface area contributed by atoms with E-state index in [9.17, 15) is 13.2 Å². The molecule has 0 heterocycles. The first-order valence-corrected chi connectivity index (χ1v) is 5.49. The highest BCUT2D eigenvalue weighted by Gasteiger charge is 2.29. The van der Waals surface area contributed by atoms with Crippen molar-refractivity contribution in [3.05, 3.63) is 0 Å². The first kappa shape index (κ1) is 15.7. The lowest BCUT2D eigenvalue weighted by atomic mass is 9.86. The van der Waals surface area contributed by atoms with Crippen LogP contribution in [0.15, 0.2) is 0 Å². The Hall–Kier alpha value is -0.290. The lowest BCUT2D eigenvalue weighted by molar-refractivity contribution is -0.137. The molecule has 0 aliphatic carbocycles. The molecule has 0 spiro atoms. The van der Waals surface area contributed by atoms with Crippen LogP contribution >= 0.6 is 0 Å². The van der Waals surface area contributed by atoms with E-state index in [0.717, 1.165) is 0 Å². The van der Waals surface area contributed by atoms with Crippen molar-refractivity contribution >= 4 is 0 Å². The summed E-state index contributed by atoms with van der Waals surface area (Å²) in [6.07, 6.45) is -4.81. The van der Waals surface area contributed by atoms with Crippen LogP contribution in [0.4, 0.5) is 13.2 Å². The highest BCUT2D eigenvalue weighted by molar-refractivity contribution is 4.81. The molecule has 0 rings (SSSR count). The van der Waals surface area contributed by atoms with Crippen LogP contribution in [0.3, 0.4) is 0 Å². The average molecular weight is 240 g/mol. The molecular weight excluding hydrogens is 217 g/mol.